The van der Waals surface area contributed by atoms with Crippen molar-refractivity contribution in [3.8, 4) is 11.5 Å². The van der Waals surface area contributed by atoms with Crippen LogP contribution < -0.4 is 9.47 Å². The van der Waals surface area contributed by atoms with E-state index >= 15 is 0 Å². The fourth-order valence-corrected chi connectivity index (χ4v) is 3.81. The van der Waals surface area contributed by atoms with Crippen molar-refractivity contribution in [3.63, 3.8) is 0 Å². The molecule has 1 atom stereocenters. The van der Waals surface area contributed by atoms with Crippen molar-refractivity contribution in [1.29, 1.82) is 0 Å². The number of hydrogen-bond donors (Lipinski definition) is 0. The van der Waals surface area contributed by atoms with E-state index in [4.69, 9.17) is 9.47 Å². The maximum Gasteiger partial charge on any atom is 0.258 e. The molecule has 1 aliphatic heterocycles. The Morgan fingerprint density at radius 1 is 1.10 bits per heavy atom. The van der Waals surface area contributed by atoms with Crippen LogP contribution in [0.5, 0.6) is 11.5 Å². The maximum atomic E-state index is 13.2. The van der Waals surface area contributed by atoms with E-state index < -0.39 is 0 Å². The Balaban J connectivity index is 1.57. The van der Waals surface area contributed by atoms with Gasteiger partial charge in [-0.2, -0.15) is 0 Å². The molecule has 0 fully saturated rings. The van der Waals surface area contributed by atoms with E-state index in [1.807, 2.05) is 18.2 Å². The summed E-state index contributed by atoms with van der Waals surface area (Å²) in [6.07, 6.45) is 0.721. The molecular formula is C22H24N4O3. The Kier molecular flexibility index (Phi) is 5.20. The van der Waals surface area contributed by atoms with Gasteiger partial charge < -0.3 is 18.9 Å². The van der Waals surface area contributed by atoms with Crippen molar-refractivity contribution in [1.82, 2.24) is 19.7 Å². The first-order valence-electron chi connectivity index (χ1n) is 9.58. The molecule has 7 nitrogen and oxygen atoms in total. The molecule has 0 N–H and O–H groups in total. The second-order valence-electron chi connectivity index (χ2n) is 7.17. The molecule has 0 saturated heterocycles. The number of hydrogen-bond acceptors (Lipinski definition) is 5. The van der Waals surface area contributed by atoms with E-state index in [-0.39, 0.29) is 11.9 Å². The molecule has 29 heavy (non-hydrogen) atoms. The van der Waals surface area contributed by atoms with Gasteiger partial charge in [0, 0.05) is 19.0 Å². The number of methoxy groups -OCH3 is 2. The highest BCUT2D eigenvalue weighted by Crippen LogP contribution is 2.29. The van der Waals surface area contributed by atoms with Crippen LogP contribution in [0.15, 0.2) is 48.5 Å². The van der Waals surface area contributed by atoms with Crippen LogP contribution in [0, 0.1) is 0 Å². The number of amides is 1. The summed E-state index contributed by atoms with van der Waals surface area (Å²) in [7, 11) is 3.14. The Morgan fingerprint density at radius 2 is 1.90 bits per heavy atom. The van der Waals surface area contributed by atoms with Gasteiger partial charge in [-0.05, 0) is 24.6 Å². The average molecular weight is 392 g/mol. The van der Waals surface area contributed by atoms with Gasteiger partial charge in [0.25, 0.3) is 5.91 Å². The number of benzene rings is 2. The SMILES string of the molecule is COc1ccc(C(=O)N2Cc3nnc(Cc4ccccc4)n3[C@@H](C)C2)c(OC)c1. The summed E-state index contributed by atoms with van der Waals surface area (Å²) < 4.78 is 12.8. The highest BCUT2D eigenvalue weighted by atomic mass is 16.5. The molecule has 2 heterocycles. The minimum Gasteiger partial charge on any atom is -0.497 e. The van der Waals surface area contributed by atoms with Gasteiger partial charge >= 0.3 is 0 Å². The standard InChI is InChI=1S/C22H24N4O3/c1-15-13-25(22(27)18-10-9-17(28-2)12-19(18)29-3)14-21-24-23-20(26(15)21)11-16-7-5-4-6-8-16/h4-10,12,15H,11,13-14H2,1-3H3/t15-/m0/s1. The van der Waals surface area contributed by atoms with E-state index in [2.05, 4.69) is 33.8 Å². The average Bonchev–Trinajstić information content (AvgIpc) is 3.16. The van der Waals surface area contributed by atoms with Crippen LogP contribution in [-0.4, -0.2) is 46.3 Å². The first-order chi connectivity index (χ1) is 14.1. The fraction of sp³-hybridized carbons (Fsp3) is 0.318. The van der Waals surface area contributed by atoms with Crippen molar-refractivity contribution in [2.24, 2.45) is 0 Å². The number of nitrogens with zero attached hydrogens (tertiary/aromatic N) is 4. The van der Waals surface area contributed by atoms with E-state index in [0.717, 1.165) is 18.1 Å². The van der Waals surface area contributed by atoms with Gasteiger partial charge in [-0.25, -0.2) is 0 Å². The monoisotopic (exact) mass is 392 g/mol. The molecule has 0 spiro atoms. The first kappa shape index (κ1) is 19.0. The summed E-state index contributed by atoms with van der Waals surface area (Å²) in [5, 5.41) is 8.77. The molecule has 3 aromatic rings. The molecule has 2 aromatic carbocycles. The lowest BCUT2D eigenvalue weighted by Gasteiger charge is -2.33. The van der Waals surface area contributed by atoms with Crippen LogP contribution in [0.25, 0.3) is 0 Å². The predicted molar refractivity (Wildman–Crippen MR) is 108 cm³/mol. The number of fused-ring (bicyclic) bond motifs is 1. The minimum absolute atomic E-state index is 0.0839. The number of rotatable bonds is 5. The van der Waals surface area contributed by atoms with Crippen LogP contribution in [0.3, 0.4) is 0 Å². The Morgan fingerprint density at radius 3 is 2.62 bits per heavy atom. The molecule has 0 unspecified atom stereocenters. The number of aromatic nitrogens is 3. The van der Waals surface area contributed by atoms with Gasteiger partial charge in [0.15, 0.2) is 5.82 Å². The lowest BCUT2D eigenvalue weighted by Crippen LogP contribution is -2.41. The summed E-state index contributed by atoms with van der Waals surface area (Å²) in [5.41, 5.74) is 1.70. The number of carbonyl (C=O) groups excluding carboxylic acids is 1. The van der Waals surface area contributed by atoms with Gasteiger partial charge in [0.2, 0.25) is 0 Å². The van der Waals surface area contributed by atoms with Crippen molar-refractivity contribution >= 4 is 5.91 Å². The second kappa shape index (κ2) is 7.95. The quantitative estimate of drug-likeness (QED) is 0.667. The highest BCUT2D eigenvalue weighted by Gasteiger charge is 2.30. The van der Waals surface area contributed by atoms with E-state index in [1.54, 1.807) is 37.3 Å². The predicted octanol–water partition coefficient (Wildman–Crippen LogP) is 3.10. The third-order valence-corrected chi connectivity index (χ3v) is 5.23. The van der Waals surface area contributed by atoms with Gasteiger partial charge in [-0.3, -0.25) is 4.79 Å². The highest BCUT2D eigenvalue weighted by molar-refractivity contribution is 5.97. The van der Waals surface area contributed by atoms with Gasteiger partial charge in [0.1, 0.15) is 17.3 Å². The summed E-state index contributed by atoms with van der Waals surface area (Å²) >= 11 is 0. The van der Waals surface area contributed by atoms with Crippen LogP contribution in [-0.2, 0) is 13.0 Å². The molecule has 7 heteroatoms. The van der Waals surface area contributed by atoms with Crippen molar-refractivity contribution in [2.45, 2.75) is 25.9 Å². The van der Waals surface area contributed by atoms with Crippen LogP contribution in [0.2, 0.25) is 0 Å². The number of carbonyl (C=O) groups is 1. The fourth-order valence-electron chi connectivity index (χ4n) is 3.81. The lowest BCUT2D eigenvalue weighted by molar-refractivity contribution is 0.0676. The molecule has 1 amide bonds. The zero-order valence-corrected chi connectivity index (χ0v) is 16.8. The van der Waals surface area contributed by atoms with Gasteiger partial charge in [-0.1, -0.05) is 30.3 Å². The van der Waals surface area contributed by atoms with Crippen molar-refractivity contribution in [3.05, 3.63) is 71.3 Å². The third kappa shape index (κ3) is 3.68. The first-order valence-corrected chi connectivity index (χ1v) is 9.58. The minimum atomic E-state index is -0.0878. The molecule has 1 aromatic heterocycles. The number of ether oxygens (including phenoxy) is 2. The summed E-state index contributed by atoms with van der Waals surface area (Å²) in [4.78, 5) is 15.0. The van der Waals surface area contributed by atoms with E-state index in [9.17, 15) is 4.79 Å². The largest absolute Gasteiger partial charge is 0.497 e. The lowest BCUT2D eigenvalue weighted by atomic mass is 10.1. The summed E-state index contributed by atoms with van der Waals surface area (Å²) in [5.74, 6) is 2.79. The van der Waals surface area contributed by atoms with Crippen LogP contribution >= 0.6 is 0 Å². The topological polar surface area (TPSA) is 69.5 Å². The van der Waals surface area contributed by atoms with Crippen LogP contribution in [0.4, 0.5) is 0 Å². The van der Waals surface area contributed by atoms with Crippen LogP contribution in [0.1, 0.15) is 40.5 Å². The molecule has 0 aliphatic carbocycles. The molecule has 1 aliphatic rings. The Labute approximate surface area is 169 Å². The zero-order chi connectivity index (χ0) is 20.4. The van der Waals surface area contributed by atoms with E-state index in [1.165, 1.54) is 5.56 Å². The molecule has 0 radical (unpaired) electrons. The molecule has 4 rings (SSSR count). The Hall–Kier alpha value is -3.35. The van der Waals surface area contributed by atoms with Gasteiger partial charge in [0.05, 0.1) is 32.4 Å². The molecular weight excluding hydrogens is 368 g/mol. The second-order valence-corrected chi connectivity index (χ2v) is 7.17. The van der Waals surface area contributed by atoms with Crippen molar-refractivity contribution in [2.75, 3.05) is 20.8 Å². The molecule has 0 saturated carbocycles. The molecule has 0 bridgehead atoms. The molecule has 150 valence electrons. The summed E-state index contributed by atoms with van der Waals surface area (Å²) in [6, 6.07) is 15.5. The maximum absolute atomic E-state index is 13.2. The zero-order valence-electron chi connectivity index (χ0n) is 16.8. The van der Waals surface area contributed by atoms with E-state index in [0.29, 0.717) is 30.2 Å². The third-order valence-electron chi connectivity index (χ3n) is 5.23. The normalized spacial score (nSPS) is 15.7. The Bertz CT molecular complexity index is 1020. The smallest absolute Gasteiger partial charge is 0.258 e. The summed E-state index contributed by atoms with van der Waals surface area (Å²) in [6.45, 7) is 3.09. The van der Waals surface area contributed by atoms with Crippen molar-refractivity contribution < 1.29 is 14.3 Å². The van der Waals surface area contributed by atoms with Gasteiger partial charge in [-0.15, -0.1) is 10.2 Å².